The average Bonchev–Trinajstić information content (AvgIpc) is 3.84. The van der Waals surface area contributed by atoms with Crippen LogP contribution < -0.4 is 0 Å². The van der Waals surface area contributed by atoms with Crippen LogP contribution in [0, 0.1) is 0 Å². The van der Waals surface area contributed by atoms with Gasteiger partial charge in [0.1, 0.15) is 0 Å². The fraction of sp³-hybridized carbons (Fsp3) is 0. The van der Waals surface area contributed by atoms with Gasteiger partial charge in [-0.25, -0.2) is 0 Å². The molecule has 0 aliphatic carbocycles. The van der Waals surface area contributed by atoms with Crippen molar-refractivity contribution in [2.45, 2.75) is 0 Å². The molecular weight excluding hydrogens is 619 g/mol. The molecule has 8 aromatic carbocycles. The lowest BCUT2D eigenvalue weighted by molar-refractivity contribution is 1.15. The molecule has 0 unspecified atom stereocenters. The van der Waals surface area contributed by atoms with E-state index in [1.807, 2.05) is 0 Å². The van der Waals surface area contributed by atoms with E-state index in [1.165, 1.54) is 76.5 Å². The number of hydrogen-bond donors (Lipinski definition) is 0. The Morgan fingerprint density at radius 3 is 1.18 bits per heavy atom. The van der Waals surface area contributed by atoms with Crippen LogP contribution in [0.15, 0.2) is 188 Å². The van der Waals surface area contributed by atoms with Crippen molar-refractivity contribution >= 4 is 65.4 Å². The highest BCUT2D eigenvalue weighted by atomic mass is 15.0. The molecule has 0 radical (unpaired) electrons. The third kappa shape index (κ3) is 4.06. The summed E-state index contributed by atoms with van der Waals surface area (Å²) in [6, 6.07) is 68.4. The van der Waals surface area contributed by atoms with Gasteiger partial charge in [0.25, 0.3) is 0 Å². The monoisotopic (exact) mass is 649 g/mol. The van der Waals surface area contributed by atoms with E-state index in [0.717, 1.165) is 17.1 Å². The molecule has 3 heterocycles. The Labute approximate surface area is 294 Å². The highest BCUT2D eigenvalue weighted by Crippen LogP contribution is 2.42. The van der Waals surface area contributed by atoms with Gasteiger partial charge in [-0.1, -0.05) is 127 Å². The van der Waals surface area contributed by atoms with Gasteiger partial charge in [-0.05, 0) is 71.8 Å². The van der Waals surface area contributed by atoms with Crippen molar-refractivity contribution in [3.8, 4) is 28.2 Å². The predicted octanol–water partition coefficient (Wildman–Crippen LogP) is 12.6. The maximum Gasteiger partial charge on any atom is 0.0788 e. The molecule has 0 bridgehead atoms. The molecule has 0 saturated carbocycles. The lowest BCUT2D eigenvalue weighted by Gasteiger charge is -2.13. The summed E-state index contributed by atoms with van der Waals surface area (Å²) in [6.07, 6.45) is 0. The molecular formula is C48H31N3. The van der Waals surface area contributed by atoms with Crippen LogP contribution in [0.2, 0.25) is 0 Å². The highest BCUT2D eigenvalue weighted by Gasteiger charge is 2.21. The molecule has 0 aliphatic rings. The van der Waals surface area contributed by atoms with Crippen LogP contribution in [0.1, 0.15) is 0 Å². The minimum Gasteiger partial charge on any atom is -0.309 e. The third-order valence-electron chi connectivity index (χ3n) is 10.6. The van der Waals surface area contributed by atoms with E-state index in [9.17, 15) is 0 Å². The van der Waals surface area contributed by atoms with Crippen molar-refractivity contribution in [3.05, 3.63) is 188 Å². The van der Waals surface area contributed by atoms with Gasteiger partial charge >= 0.3 is 0 Å². The van der Waals surface area contributed by atoms with Gasteiger partial charge in [0, 0.05) is 49.4 Å². The lowest BCUT2D eigenvalue weighted by atomic mass is 10.0. The highest BCUT2D eigenvalue weighted by molar-refractivity contribution is 6.23. The van der Waals surface area contributed by atoms with E-state index in [2.05, 4.69) is 202 Å². The topological polar surface area (TPSA) is 14.8 Å². The second-order valence-electron chi connectivity index (χ2n) is 13.4. The van der Waals surface area contributed by atoms with E-state index in [0.29, 0.717) is 0 Å². The Morgan fingerprint density at radius 1 is 0.235 bits per heavy atom. The van der Waals surface area contributed by atoms with Crippen LogP contribution in [0.3, 0.4) is 0 Å². The Bertz CT molecular complexity index is 3070. The largest absolute Gasteiger partial charge is 0.309 e. The standard InChI is InChI=1S/C48H31N3/c1-2-14-34(15-3-1)50-45-23-10-6-19-39(45)41-29-30-42-40-20-7-11-24-46(40)51(48(42)47(41)50)35-27-25-32(26-28-35)33-13-12-16-36(31-33)49-43-21-8-4-17-37(43)38-18-5-9-22-44(38)49/h1-31H. The molecule has 0 N–H and O–H groups in total. The molecule has 3 aromatic heterocycles. The molecule has 11 aromatic rings. The zero-order chi connectivity index (χ0) is 33.5. The van der Waals surface area contributed by atoms with Crippen molar-refractivity contribution < 1.29 is 0 Å². The number of rotatable bonds is 4. The van der Waals surface area contributed by atoms with Gasteiger partial charge < -0.3 is 13.7 Å². The summed E-state index contributed by atoms with van der Waals surface area (Å²) in [5.41, 5.74) is 13.1. The minimum absolute atomic E-state index is 1.14. The van der Waals surface area contributed by atoms with Crippen LogP contribution in [-0.4, -0.2) is 13.7 Å². The number of nitrogens with zero attached hydrogens (tertiary/aromatic N) is 3. The van der Waals surface area contributed by atoms with E-state index in [4.69, 9.17) is 0 Å². The molecule has 11 rings (SSSR count). The first-order valence-corrected chi connectivity index (χ1v) is 17.5. The predicted molar refractivity (Wildman–Crippen MR) is 215 cm³/mol. The van der Waals surface area contributed by atoms with Gasteiger partial charge in [0.2, 0.25) is 0 Å². The molecule has 3 heteroatoms. The van der Waals surface area contributed by atoms with Crippen molar-refractivity contribution in [1.82, 2.24) is 13.7 Å². The molecule has 0 spiro atoms. The Kier molecular flexibility index (Phi) is 5.96. The summed E-state index contributed by atoms with van der Waals surface area (Å²) in [4.78, 5) is 0. The number of para-hydroxylation sites is 5. The maximum atomic E-state index is 2.46. The molecule has 0 aliphatic heterocycles. The van der Waals surface area contributed by atoms with Crippen LogP contribution >= 0.6 is 0 Å². The SMILES string of the molecule is c1ccc(-n2c3ccccc3c3ccc4c5ccccc5n(-c5ccc(-c6cccc(-n7c8ccccc8c8ccccc87)c6)cc5)c4c32)cc1. The van der Waals surface area contributed by atoms with Gasteiger partial charge in [0.15, 0.2) is 0 Å². The Morgan fingerprint density at radius 2 is 0.647 bits per heavy atom. The summed E-state index contributed by atoms with van der Waals surface area (Å²) in [7, 11) is 0. The molecule has 0 amide bonds. The smallest absolute Gasteiger partial charge is 0.0788 e. The average molecular weight is 650 g/mol. The summed E-state index contributed by atoms with van der Waals surface area (Å²) in [6.45, 7) is 0. The first-order valence-electron chi connectivity index (χ1n) is 17.5. The van der Waals surface area contributed by atoms with Crippen LogP contribution in [0.25, 0.3) is 93.6 Å². The number of hydrogen-bond acceptors (Lipinski definition) is 0. The maximum absolute atomic E-state index is 2.46. The number of aromatic nitrogens is 3. The first-order chi connectivity index (χ1) is 25.3. The van der Waals surface area contributed by atoms with Gasteiger partial charge in [-0.15, -0.1) is 0 Å². The fourth-order valence-corrected chi connectivity index (χ4v) is 8.44. The Hall–Kier alpha value is -6.84. The zero-order valence-electron chi connectivity index (χ0n) is 27.7. The van der Waals surface area contributed by atoms with Gasteiger partial charge in [-0.3, -0.25) is 0 Å². The van der Waals surface area contributed by atoms with Crippen LogP contribution in [0.4, 0.5) is 0 Å². The molecule has 3 nitrogen and oxygen atoms in total. The number of fused-ring (bicyclic) bond motifs is 10. The summed E-state index contributed by atoms with van der Waals surface area (Å²) in [5, 5.41) is 7.56. The Balaban J connectivity index is 1.12. The molecule has 0 atom stereocenters. The molecule has 0 saturated heterocycles. The van der Waals surface area contributed by atoms with Crippen LogP contribution in [-0.2, 0) is 0 Å². The van der Waals surface area contributed by atoms with Crippen molar-refractivity contribution in [2.24, 2.45) is 0 Å². The zero-order valence-corrected chi connectivity index (χ0v) is 27.7. The lowest BCUT2D eigenvalue weighted by Crippen LogP contribution is -1.98. The summed E-state index contributed by atoms with van der Waals surface area (Å²) < 4.78 is 7.29. The molecule has 0 fully saturated rings. The quantitative estimate of drug-likeness (QED) is 0.180. The van der Waals surface area contributed by atoms with Crippen LogP contribution in [0.5, 0.6) is 0 Å². The second kappa shape index (κ2) is 10.8. The van der Waals surface area contributed by atoms with Gasteiger partial charge in [-0.2, -0.15) is 0 Å². The number of benzene rings is 8. The summed E-state index contributed by atoms with van der Waals surface area (Å²) in [5.74, 6) is 0. The minimum atomic E-state index is 1.14. The van der Waals surface area contributed by atoms with Crippen molar-refractivity contribution in [3.63, 3.8) is 0 Å². The van der Waals surface area contributed by atoms with Crippen molar-refractivity contribution in [2.75, 3.05) is 0 Å². The third-order valence-corrected chi connectivity index (χ3v) is 10.6. The first kappa shape index (κ1) is 28.0. The summed E-state index contributed by atoms with van der Waals surface area (Å²) >= 11 is 0. The van der Waals surface area contributed by atoms with E-state index >= 15 is 0 Å². The normalized spacial score (nSPS) is 11.9. The van der Waals surface area contributed by atoms with E-state index in [-0.39, 0.29) is 0 Å². The van der Waals surface area contributed by atoms with Gasteiger partial charge in [0.05, 0.1) is 33.1 Å². The second-order valence-corrected chi connectivity index (χ2v) is 13.4. The van der Waals surface area contributed by atoms with E-state index in [1.54, 1.807) is 0 Å². The molecule has 51 heavy (non-hydrogen) atoms. The van der Waals surface area contributed by atoms with E-state index < -0.39 is 0 Å². The fourth-order valence-electron chi connectivity index (χ4n) is 8.44. The van der Waals surface area contributed by atoms with Crippen molar-refractivity contribution in [1.29, 1.82) is 0 Å². The molecule has 238 valence electrons.